The fourth-order valence-corrected chi connectivity index (χ4v) is 1.19. The van der Waals surface area contributed by atoms with E-state index in [1.807, 2.05) is 0 Å². The van der Waals surface area contributed by atoms with Crippen molar-refractivity contribution in [1.29, 1.82) is 0 Å². The van der Waals surface area contributed by atoms with Crippen molar-refractivity contribution < 1.29 is 22.7 Å². The van der Waals surface area contributed by atoms with Crippen molar-refractivity contribution in [1.82, 2.24) is 0 Å². The third-order valence-corrected chi connectivity index (χ3v) is 2.02. The predicted octanol–water partition coefficient (Wildman–Crippen LogP) is 3.28. The zero-order valence-corrected chi connectivity index (χ0v) is 8.91. The first-order chi connectivity index (χ1) is 8.04. The van der Waals surface area contributed by atoms with Crippen LogP contribution in [0.15, 0.2) is 30.3 Å². The fourth-order valence-electron chi connectivity index (χ4n) is 1.19. The summed E-state index contributed by atoms with van der Waals surface area (Å²) >= 11 is 0. The first kappa shape index (κ1) is 13.3. The van der Waals surface area contributed by atoms with Crippen LogP contribution in [0.3, 0.4) is 0 Å². The van der Waals surface area contributed by atoms with Gasteiger partial charge < -0.3 is 4.74 Å². The number of ether oxygens (including phenoxy) is 1. The zero-order chi connectivity index (χ0) is 12.7. The fraction of sp³-hybridized carbons (Fsp3) is 0.250. The summed E-state index contributed by atoms with van der Waals surface area (Å²) in [6, 6.07) is 4.84. The Morgan fingerprint density at radius 1 is 1.18 bits per heavy atom. The SMILES string of the molecule is O=COCCC=Cc1ccc(C(F)(F)F)cc1. The summed E-state index contributed by atoms with van der Waals surface area (Å²) in [6.07, 6.45) is -0.375. The molecule has 0 bridgehead atoms. The molecule has 0 heterocycles. The molecule has 0 spiro atoms. The summed E-state index contributed by atoms with van der Waals surface area (Å²) in [4.78, 5) is 9.82. The summed E-state index contributed by atoms with van der Waals surface area (Å²) in [5.41, 5.74) is 0.00282. The van der Waals surface area contributed by atoms with E-state index in [-0.39, 0.29) is 6.61 Å². The molecule has 0 aromatic heterocycles. The second-order valence-corrected chi connectivity index (χ2v) is 3.28. The predicted molar refractivity (Wildman–Crippen MR) is 57.1 cm³/mol. The van der Waals surface area contributed by atoms with Gasteiger partial charge in [0.1, 0.15) is 0 Å². The minimum absolute atomic E-state index is 0.265. The van der Waals surface area contributed by atoms with Gasteiger partial charge in [-0.15, -0.1) is 0 Å². The molecule has 0 atom stereocenters. The third kappa shape index (κ3) is 4.72. The lowest BCUT2D eigenvalue weighted by atomic mass is 10.1. The highest BCUT2D eigenvalue weighted by Gasteiger charge is 2.29. The Bertz CT molecular complexity index is 380. The molecule has 0 amide bonds. The van der Waals surface area contributed by atoms with Crippen molar-refractivity contribution in [3.63, 3.8) is 0 Å². The first-order valence-electron chi connectivity index (χ1n) is 4.93. The number of halogens is 3. The molecule has 92 valence electrons. The second kappa shape index (κ2) is 6.08. The summed E-state index contributed by atoms with van der Waals surface area (Å²) in [5, 5.41) is 0. The maximum atomic E-state index is 12.2. The van der Waals surface area contributed by atoms with E-state index in [9.17, 15) is 18.0 Å². The van der Waals surface area contributed by atoms with Gasteiger partial charge in [-0.1, -0.05) is 24.3 Å². The monoisotopic (exact) mass is 244 g/mol. The van der Waals surface area contributed by atoms with Gasteiger partial charge in [0.15, 0.2) is 0 Å². The highest BCUT2D eigenvalue weighted by molar-refractivity contribution is 5.49. The third-order valence-electron chi connectivity index (χ3n) is 2.02. The van der Waals surface area contributed by atoms with Crippen molar-refractivity contribution in [2.75, 3.05) is 6.61 Å². The smallest absolute Gasteiger partial charge is 0.416 e. The van der Waals surface area contributed by atoms with Crippen LogP contribution in [0.4, 0.5) is 13.2 Å². The number of alkyl halides is 3. The van der Waals surface area contributed by atoms with Crippen LogP contribution in [0, 0.1) is 0 Å². The Labute approximate surface area is 96.7 Å². The van der Waals surface area contributed by atoms with Gasteiger partial charge in [-0.2, -0.15) is 13.2 Å². The minimum Gasteiger partial charge on any atom is -0.468 e. The molecule has 0 aliphatic carbocycles. The maximum Gasteiger partial charge on any atom is 0.416 e. The topological polar surface area (TPSA) is 26.3 Å². The number of carbonyl (C=O) groups excluding carboxylic acids is 1. The molecule has 0 aliphatic rings. The number of benzene rings is 1. The Hall–Kier alpha value is -1.78. The van der Waals surface area contributed by atoms with Crippen LogP contribution in [0.25, 0.3) is 6.08 Å². The molecular weight excluding hydrogens is 233 g/mol. The van der Waals surface area contributed by atoms with Gasteiger partial charge in [-0.25, -0.2) is 0 Å². The quantitative estimate of drug-likeness (QED) is 0.587. The lowest BCUT2D eigenvalue weighted by Crippen LogP contribution is -2.03. The highest BCUT2D eigenvalue weighted by Crippen LogP contribution is 2.29. The Kier molecular flexibility index (Phi) is 4.75. The molecule has 0 fully saturated rings. The van der Waals surface area contributed by atoms with Crippen molar-refractivity contribution in [2.45, 2.75) is 12.6 Å². The normalized spacial score (nSPS) is 11.7. The molecule has 0 N–H and O–H groups in total. The molecule has 1 aromatic rings. The standard InChI is InChI=1S/C12H11F3O2/c13-12(14,15)11-6-4-10(5-7-11)3-1-2-8-17-9-16/h1,3-7,9H,2,8H2. The zero-order valence-electron chi connectivity index (χ0n) is 8.91. The second-order valence-electron chi connectivity index (χ2n) is 3.28. The molecular formula is C12H11F3O2. The number of hydrogen-bond acceptors (Lipinski definition) is 2. The van der Waals surface area contributed by atoms with E-state index < -0.39 is 11.7 Å². The molecule has 1 aromatic carbocycles. The average molecular weight is 244 g/mol. The molecule has 0 aliphatic heterocycles. The van der Waals surface area contributed by atoms with Crippen LogP contribution in [0.1, 0.15) is 17.5 Å². The van der Waals surface area contributed by atoms with E-state index in [1.54, 1.807) is 12.2 Å². The molecule has 0 saturated heterocycles. The van der Waals surface area contributed by atoms with Crippen LogP contribution in [-0.4, -0.2) is 13.1 Å². The first-order valence-corrected chi connectivity index (χ1v) is 4.93. The maximum absolute atomic E-state index is 12.2. The van der Waals surface area contributed by atoms with E-state index in [1.165, 1.54) is 12.1 Å². The van der Waals surface area contributed by atoms with Gasteiger partial charge in [0, 0.05) is 0 Å². The lowest BCUT2D eigenvalue weighted by Gasteiger charge is -2.05. The van der Waals surface area contributed by atoms with Crippen LogP contribution >= 0.6 is 0 Å². The number of carbonyl (C=O) groups is 1. The van der Waals surface area contributed by atoms with Crippen molar-refractivity contribution in [3.05, 3.63) is 41.5 Å². The van der Waals surface area contributed by atoms with E-state index in [0.29, 0.717) is 18.5 Å². The van der Waals surface area contributed by atoms with Crippen LogP contribution in [0.5, 0.6) is 0 Å². The molecule has 0 saturated carbocycles. The van der Waals surface area contributed by atoms with Gasteiger partial charge in [0.2, 0.25) is 0 Å². The van der Waals surface area contributed by atoms with E-state index in [2.05, 4.69) is 4.74 Å². The van der Waals surface area contributed by atoms with Gasteiger partial charge in [0.05, 0.1) is 12.2 Å². The van der Waals surface area contributed by atoms with E-state index >= 15 is 0 Å². The van der Waals surface area contributed by atoms with E-state index in [4.69, 9.17) is 0 Å². The van der Waals surface area contributed by atoms with E-state index in [0.717, 1.165) is 12.1 Å². The number of rotatable bonds is 5. The Morgan fingerprint density at radius 3 is 2.35 bits per heavy atom. The number of hydrogen-bond donors (Lipinski definition) is 0. The molecule has 0 radical (unpaired) electrons. The Balaban J connectivity index is 2.54. The molecule has 1 rings (SSSR count). The van der Waals surface area contributed by atoms with Crippen LogP contribution < -0.4 is 0 Å². The van der Waals surface area contributed by atoms with Crippen molar-refractivity contribution in [2.24, 2.45) is 0 Å². The van der Waals surface area contributed by atoms with Crippen LogP contribution in [0.2, 0.25) is 0 Å². The largest absolute Gasteiger partial charge is 0.468 e. The summed E-state index contributed by atoms with van der Waals surface area (Å²) in [6.45, 7) is 0.618. The van der Waals surface area contributed by atoms with Crippen molar-refractivity contribution >= 4 is 12.5 Å². The molecule has 17 heavy (non-hydrogen) atoms. The van der Waals surface area contributed by atoms with Crippen LogP contribution in [-0.2, 0) is 15.7 Å². The molecule has 0 unspecified atom stereocenters. The molecule has 5 heteroatoms. The molecule has 2 nitrogen and oxygen atoms in total. The Morgan fingerprint density at radius 2 is 1.82 bits per heavy atom. The van der Waals surface area contributed by atoms with Gasteiger partial charge in [-0.3, -0.25) is 4.79 Å². The van der Waals surface area contributed by atoms with Gasteiger partial charge in [-0.05, 0) is 24.1 Å². The minimum atomic E-state index is -4.31. The van der Waals surface area contributed by atoms with Crippen molar-refractivity contribution in [3.8, 4) is 0 Å². The highest BCUT2D eigenvalue weighted by atomic mass is 19.4. The van der Waals surface area contributed by atoms with Gasteiger partial charge >= 0.3 is 6.18 Å². The average Bonchev–Trinajstić information content (AvgIpc) is 2.28. The summed E-state index contributed by atoms with van der Waals surface area (Å²) in [7, 11) is 0. The van der Waals surface area contributed by atoms with Gasteiger partial charge in [0.25, 0.3) is 6.47 Å². The lowest BCUT2D eigenvalue weighted by molar-refractivity contribution is -0.137. The summed E-state index contributed by atoms with van der Waals surface area (Å²) in [5.74, 6) is 0. The summed E-state index contributed by atoms with van der Waals surface area (Å²) < 4.78 is 41.2.